The lowest BCUT2D eigenvalue weighted by molar-refractivity contribution is -0.114. The molecule has 1 rings (SSSR count). The molecular formula is C11H17NO2. The number of aliphatic hydroxyl groups excluding tert-OH is 1. The van der Waals surface area contributed by atoms with Crippen molar-refractivity contribution >= 4 is 5.91 Å². The van der Waals surface area contributed by atoms with Crippen molar-refractivity contribution in [3.05, 3.63) is 23.5 Å². The van der Waals surface area contributed by atoms with Gasteiger partial charge in [-0.15, -0.1) is 0 Å². The van der Waals surface area contributed by atoms with Crippen LogP contribution in [0.4, 0.5) is 0 Å². The standard InChI is InChI=1S/C11H17NO2/c1-11(2,3)8-4-7(10(12)14)5-9(13)6-8/h5-6,8,13H,4H2,1-3H3,(H2,12,14)/t8-/m1/s1. The van der Waals surface area contributed by atoms with Crippen molar-refractivity contribution in [2.45, 2.75) is 27.2 Å². The molecule has 0 heterocycles. The van der Waals surface area contributed by atoms with Gasteiger partial charge >= 0.3 is 0 Å². The summed E-state index contributed by atoms with van der Waals surface area (Å²) in [6.07, 6.45) is 3.85. The number of hydrogen-bond acceptors (Lipinski definition) is 2. The van der Waals surface area contributed by atoms with Crippen molar-refractivity contribution < 1.29 is 9.90 Å². The molecule has 1 amide bonds. The van der Waals surface area contributed by atoms with Crippen molar-refractivity contribution in [3.63, 3.8) is 0 Å². The molecule has 14 heavy (non-hydrogen) atoms. The number of aliphatic hydroxyl groups is 1. The van der Waals surface area contributed by atoms with Crippen LogP contribution in [0.15, 0.2) is 23.5 Å². The zero-order valence-corrected chi connectivity index (χ0v) is 8.87. The quantitative estimate of drug-likeness (QED) is 0.671. The largest absolute Gasteiger partial charge is 0.508 e. The fraction of sp³-hybridized carbons (Fsp3) is 0.545. The molecule has 0 saturated heterocycles. The monoisotopic (exact) mass is 195 g/mol. The number of primary amides is 1. The second-order valence-corrected chi connectivity index (χ2v) is 4.80. The van der Waals surface area contributed by atoms with Crippen LogP contribution in [0, 0.1) is 11.3 Å². The maximum Gasteiger partial charge on any atom is 0.244 e. The first-order chi connectivity index (χ1) is 6.30. The van der Waals surface area contributed by atoms with Gasteiger partial charge < -0.3 is 10.8 Å². The molecule has 78 valence electrons. The van der Waals surface area contributed by atoms with Crippen LogP contribution in [0.25, 0.3) is 0 Å². The van der Waals surface area contributed by atoms with Gasteiger partial charge in [0.25, 0.3) is 0 Å². The Morgan fingerprint density at radius 2 is 2.14 bits per heavy atom. The highest BCUT2D eigenvalue weighted by atomic mass is 16.3. The third-order valence-electron chi connectivity index (χ3n) is 2.56. The van der Waals surface area contributed by atoms with Crippen LogP contribution in [0.2, 0.25) is 0 Å². The summed E-state index contributed by atoms with van der Waals surface area (Å²) in [5.74, 6) is -0.140. The number of nitrogens with two attached hydrogens (primary N) is 1. The van der Waals surface area contributed by atoms with E-state index in [2.05, 4.69) is 20.8 Å². The Bertz CT molecular complexity index is 308. The summed E-state index contributed by atoms with van der Waals surface area (Å²) >= 11 is 0. The van der Waals surface area contributed by atoms with Crippen molar-refractivity contribution in [1.82, 2.24) is 0 Å². The predicted octanol–water partition coefficient (Wildman–Crippen LogP) is 1.91. The minimum Gasteiger partial charge on any atom is -0.508 e. The maximum absolute atomic E-state index is 11.0. The highest BCUT2D eigenvalue weighted by Crippen LogP contribution is 2.35. The highest BCUT2D eigenvalue weighted by molar-refractivity contribution is 5.92. The number of hydrogen-bond donors (Lipinski definition) is 2. The molecule has 0 fully saturated rings. The number of carbonyl (C=O) groups is 1. The van der Waals surface area contributed by atoms with Gasteiger partial charge in [-0.05, 0) is 29.9 Å². The van der Waals surface area contributed by atoms with E-state index in [9.17, 15) is 9.90 Å². The average Bonchev–Trinajstić information content (AvgIpc) is 2.01. The molecule has 0 radical (unpaired) electrons. The Hall–Kier alpha value is -1.25. The first kappa shape index (κ1) is 10.8. The van der Waals surface area contributed by atoms with Crippen LogP contribution in [0.3, 0.4) is 0 Å². The van der Waals surface area contributed by atoms with Crippen LogP contribution in [-0.2, 0) is 4.79 Å². The van der Waals surface area contributed by atoms with E-state index in [0.717, 1.165) is 0 Å². The van der Waals surface area contributed by atoms with Crippen LogP contribution >= 0.6 is 0 Å². The van der Waals surface area contributed by atoms with E-state index < -0.39 is 5.91 Å². The van der Waals surface area contributed by atoms with E-state index in [-0.39, 0.29) is 17.1 Å². The SMILES string of the molecule is CC(C)(C)[C@H]1C=C(O)C=C(C(N)=O)C1. The van der Waals surface area contributed by atoms with Crippen LogP contribution in [0.1, 0.15) is 27.2 Å². The Morgan fingerprint density at radius 3 is 2.57 bits per heavy atom. The van der Waals surface area contributed by atoms with Gasteiger partial charge in [-0.2, -0.15) is 0 Å². The first-order valence-corrected chi connectivity index (χ1v) is 4.72. The molecule has 1 aliphatic carbocycles. The molecule has 3 heteroatoms. The van der Waals surface area contributed by atoms with Gasteiger partial charge in [-0.3, -0.25) is 4.79 Å². The Balaban J connectivity index is 2.92. The van der Waals surface area contributed by atoms with Gasteiger partial charge in [-0.25, -0.2) is 0 Å². The van der Waals surface area contributed by atoms with Crippen LogP contribution < -0.4 is 5.73 Å². The number of carbonyl (C=O) groups excluding carboxylic acids is 1. The molecular weight excluding hydrogens is 178 g/mol. The third-order valence-corrected chi connectivity index (χ3v) is 2.56. The fourth-order valence-electron chi connectivity index (χ4n) is 1.52. The molecule has 0 aromatic rings. The summed E-state index contributed by atoms with van der Waals surface area (Å²) in [5, 5.41) is 9.44. The minimum atomic E-state index is -0.445. The molecule has 1 aliphatic rings. The summed E-state index contributed by atoms with van der Waals surface area (Å²) in [6, 6.07) is 0. The maximum atomic E-state index is 11.0. The van der Waals surface area contributed by atoms with Crippen molar-refractivity contribution in [1.29, 1.82) is 0 Å². The molecule has 0 unspecified atom stereocenters. The van der Waals surface area contributed by atoms with E-state index in [1.54, 1.807) is 6.08 Å². The first-order valence-electron chi connectivity index (χ1n) is 4.72. The molecule has 1 atom stereocenters. The topological polar surface area (TPSA) is 63.3 Å². The zero-order chi connectivity index (χ0) is 10.9. The van der Waals surface area contributed by atoms with Crippen LogP contribution in [-0.4, -0.2) is 11.0 Å². The van der Waals surface area contributed by atoms with E-state index >= 15 is 0 Å². The van der Waals surface area contributed by atoms with Crippen molar-refractivity contribution in [2.24, 2.45) is 17.1 Å². The lowest BCUT2D eigenvalue weighted by Crippen LogP contribution is -2.25. The molecule has 0 bridgehead atoms. The number of allylic oxidation sites excluding steroid dienone is 2. The molecule has 0 aromatic carbocycles. The van der Waals surface area contributed by atoms with Gasteiger partial charge in [0, 0.05) is 5.57 Å². The molecule has 3 N–H and O–H groups in total. The fourth-order valence-corrected chi connectivity index (χ4v) is 1.52. The van der Waals surface area contributed by atoms with Gasteiger partial charge in [-0.1, -0.05) is 20.8 Å². The predicted molar refractivity (Wildman–Crippen MR) is 55.6 cm³/mol. The zero-order valence-electron chi connectivity index (χ0n) is 8.87. The highest BCUT2D eigenvalue weighted by Gasteiger charge is 2.28. The van der Waals surface area contributed by atoms with Gasteiger partial charge in [0.1, 0.15) is 5.76 Å². The lowest BCUT2D eigenvalue weighted by Gasteiger charge is -2.30. The minimum absolute atomic E-state index is 0.0307. The van der Waals surface area contributed by atoms with Crippen LogP contribution in [0.5, 0.6) is 0 Å². The Morgan fingerprint density at radius 1 is 1.57 bits per heavy atom. The van der Waals surface area contributed by atoms with E-state index in [1.807, 2.05) is 0 Å². The summed E-state index contributed by atoms with van der Waals surface area (Å²) in [5.41, 5.74) is 5.72. The smallest absolute Gasteiger partial charge is 0.244 e. The Labute approximate surface area is 84.3 Å². The van der Waals surface area contributed by atoms with Gasteiger partial charge in [0.05, 0.1) is 0 Å². The van der Waals surface area contributed by atoms with Crippen molar-refractivity contribution in [2.75, 3.05) is 0 Å². The molecule has 0 saturated carbocycles. The number of amides is 1. The summed E-state index contributed by atoms with van der Waals surface area (Å²) in [4.78, 5) is 11.0. The van der Waals surface area contributed by atoms with E-state index in [1.165, 1.54) is 6.08 Å². The normalized spacial score (nSPS) is 22.6. The van der Waals surface area contributed by atoms with Crippen molar-refractivity contribution in [3.8, 4) is 0 Å². The third kappa shape index (κ3) is 2.37. The lowest BCUT2D eigenvalue weighted by atomic mass is 9.75. The average molecular weight is 195 g/mol. The number of rotatable bonds is 1. The molecule has 3 nitrogen and oxygen atoms in total. The second-order valence-electron chi connectivity index (χ2n) is 4.80. The van der Waals surface area contributed by atoms with Gasteiger partial charge in [0.15, 0.2) is 0 Å². The summed E-state index contributed by atoms with van der Waals surface area (Å²) in [7, 11) is 0. The summed E-state index contributed by atoms with van der Waals surface area (Å²) < 4.78 is 0. The molecule has 0 spiro atoms. The van der Waals surface area contributed by atoms with E-state index in [4.69, 9.17) is 5.73 Å². The van der Waals surface area contributed by atoms with E-state index in [0.29, 0.717) is 12.0 Å². The molecule has 0 aliphatic heterocycles. The summed E-state index contributed by atoms with van der Waals surface area (Å²) in [6.45, 7) is 6.22. The second kappa shape index (κ2) is 3.48. The van der Waals surface area contributed by atoms with Gasteiger partial charge in [0.2, 0.25) is 5.91 Å². The molecule has 0 aromatic heterocycles. The Kier molecular flexibility index (Phi) is 2.69.